The maximum Gasteiger partial charge on any atom is 0.242 e. The largest absolute Gasteiger partial charge is 0.486 e. The maximum atomic E-state index is 12.2. The number of aromatic nitrogens is 1. The minimum absolute atomic E-state index is 0.0481. The van der Waals surface area contributed by atoms with Crippen LogP contribution in [-0.2, 0) is 14.6 Å². The molecule has 1 aromatic carbocycles. The van der Waals surface area contributed by atoms with E-state index in [1.807, 2.05) is 24.3 Å². The van der Waals surface area contributed by atoms with E-state index in [1.54, 1.807) is 12.1 Å². The van der Waals surface area contributed by atoms with Crippen molar-refractivity contribution in [1.29, 1.82) is 0 Å². The van der Waals surface area contributed by atoms with Crippen LogP contribution in [-0.4, -0.2) is 50.6 Å². The molecule has 27 heavy (non-hydrogen) atoms. The first kappa shape index (κ1) is 19.1. The molecule has 1 aliphatic heterocycles. The lowest BCUT2D eigenvalue weighted by Crippen LogP contribution is -2.37. The Hall–Kier alpha value is -2.65. The molecule has 0 spiro atoms. The number of nitrogens with two attached hydrogens (primary N) is 1. The lowest BCUT2D eigenvalue weighted by Gasteiger charge is -2.19. The number of benzene rings is 1. The molecule has 144 valence electrons. The van der Waals surface area contributed by atoms with Gasteiger partial charge in [0.05, 0.1) is 17.5 Å². The van der Waals surface area contributed by atoms with Gasteiger partial charge in [-0.15, -0.1) is 0 Å². The minimum Gasteiger partial charge on any atom is -0.486 e. The van der Waals surface area contributed by atoms with E-state index in [2.05, 4.69) is 10.3 Å². The van der Waals surface area contributed by atoms with Crippen LogP contribution in [0, 0.1) is 0 Å². The van der Waals surface area contributed by atoms with Gasteiger partial charge < -0.3 is 20.5 Å². The van der Waals surface area contributed by atoms with Gasteiger partial charge in [0.1, 0.15) is 28.9 Å². The van der Waals surface area contributed by atoms with Crippen molar-refractivity contribution in [2.24, 2.45) is 5.73 Å². The molecule has 8 nitrogen and oxygen atoms in total. The molecule has 0 aliphatic carbocycles. The second kappa shape index (κ2) is 7.93. The van der Waals surface area contributed by atoms with E-state index < -0.39 is 21.8 Å². The van der Waals surface area contributed by atoms with E-state index in [0.717, 1.165) is 11.8 Å². The molecule has 2 aromatic rings. The molecular weight excluding hydrogens is 370 g/mol. The van der Waals surface area contributed by atoms with Gasteiger partial charge in [-0.05, 0) is 36.8 Å². The highest BCUT2D eigenvalue weighted by Crippen LogP contribution is 2.34. The first-order chi connectivity index (χ1) is 12.8. The van der Waals surface area contributed by atoms with Crippen LogP contribution < -0.4 is 20.5 Å². The van der Waals surface area contributed by atoms with Gasteiger partial charge in [0.15, 0.2) is 11.5 Å². The van der Waals surface area contributed by atoms with Crippen molar-refractivity contribution >= 4 is 21.6 Å². The predicted molar refractivity (Wildman–Crippen MR) is 102 cm³/mol. The summed E-state index contributed by atoms with van der Waals surface area (Å²) in [5.74, 6) is 1.04. The number of nitrogens with zero attached hydrogens (tertiary/aromatic N) is 1. The third kappa shape index (κ3) is 5.18. The fourth-order valence-corrected chi connectivity index (χ4v) is 3.24. The highest BCUT2D eigenvalue weighted by molar-refractivity contribution is 7.90. The van der Waals surface area contributed by atoms with Gasteiger partial charge in [0.2, 0.25) is 5.91 Å². The maximum absolute atomic E-state index is 12.2. The number of hydrogen-bond acceptors (Lipinski definition) is 7. The Morgan fingerprint density at radius 3 is 2.70 bits per heavy atom. The number of carbonyl (C=O) groups excluding carboxylic acids is 1. The second-order valence-corrected chi connectivity index (χ2v) is 8.54. The summed E-state index contributed by atoms with van der Waals surface area (Å²) in [6.45, 7) is 1.01. The second-order valence-electron chi connectivity index (χ2n) is 6.28. The van der Waals surface area contributed by atoms with Crippen molar-refractivity contribution in [3.05, 3.63) is 36.4 Å². The zero-order chi connectivity index (χ0) is 19.4. The zero-order valence-electron chi connectivity index (χ0n) is 14.8. The number of amides is 1. The van der Waals surface area contributed by atoms with Crippen LogP contribution in [0.2, 0.25) is 0 Å². The molecule has 0 bridgehead atoms. The topological polar surface area (TPSA) is 121 Å². The van der Waals surface area contributed by atoms with Gasteiger partial charge in [0.25, 0.3) is 0 Å². The summed E-state index contributed by atoms with van der Waals surface area (Å²) >= 11 is 0. The summed E-state index contributed by atoms with van der Waals surface area (Å²) < 4.78 is 33.5. The van der Waals surface area contributed by atoms with Crippen molar-refractivity contribution in [2.75, 3.05) is 30.5 Å². The van der Waals surface area contributed by atoms with Crippen molar-refractivity contribution in [3.8, 4) is 22.8 Å². The van der Waals surface area contributed by atoms with Crippen LogP contribution in [0.3, 0.4) is 0 Å². The molecule has 0 radical (unpaired) electrons. The number of hydrogen-bond donors (Lipinski definition) is 2. The Labute approximate surface area is 157 Å². The molecule has 3 N–H and O–H groups in total. The van der Waals surface area contributed by atoms with E-state index in [0.29, 0.717) is 36.2 Å². The van der Waals surface area contributed by atoms with Crippen molar-refractivity contribution in [3.63, 3.8) is 0 Å². The number of ether oxygens (including phenoxy) is 2. The van der Waals surface area contributed by atoms with Crippen LogP contribution in [0.1, 0.15) is 6.42 Å². The van der Waals surface area contributed by atoms with Crippen LogP contribution in [0.4, 0.5) is 5.82 Å². The lowest BCUT2D eigenvalue weighted by molar-refractivity contribution is -0.117. The van der Waals surface area contributed by atoms with E-state index in [1.165, 1.54) is 0 Å². The summed E-state index contributed by atoms with van der Waals surface area (Å²) in [7, 11) is -3.17. The first-order valence-electron chi connectivity index (χ1n) is 8.43. The quantitative estimate of drug-likeness (QED) is 0.759. The molecule has 1 atom stereocenters. The van der Waals surface area contributed by atoms with Gasteiger partial charge in [0, 0.05) is 11.8 Å². The normalized spacial score (nSPS) is 14.4. The first-order valence-corrected chi connectivity index (χ1v) is 10.5. The lowest BCUT2D eigenvalue weighted by atomic mass is 10.1. The molecule has 1 amide bonds. The average molecular weight is 391 g/mol. The number of rotatable bonds is 6. The molecule has 9 heteroatoms. The average Bonchev–Trinajstić information content (AvgIpc) is 2.65. The molecule has 2 heterocycles. The number of carbonyl (C=O) groups is 1. The number of anilines is 1. The van der Waals surface area contributed by atoms with Gasteiger partial charge >= 0.3 is 0 Å². The highest BCUT2D eigenvalue weighted by Gasteiger charge is 2.17. The van der Waals surface area contributed by atoms with Crippen molar-refractivity contribution < 1.29 is 22.7 Å². The SMILES string of the molecule is CS(=O)(=O)CCC(N)C(=O)Nc1cccc(-c2ccc3c(c2)OCCO3)n1. The van der Waals surface area contributed by atoms with Gasteiger partial charge in [-0.1, -0.05) is 6.07 Å². The smallest absolute Gasteiger partial charge is 0.242 e. The Balaban J connectivity index is 1.71. The van der Waals surface area contributed by atoms with Crippen molar-refractivity contribution in [1.82, 2.24) is 4.98 Å². The number of fused-ring (bicyclic) bond motifs is 1. The van der Waals surface area contributed by atoms with E-state index in [9.17, 15) is 13.2 Å². The molecular formula is C18H21N3O5S. The third-order valence-electron chi connectivity index (χ3n) is 3.97. The Kier molecular flexibility index (Phi) is 5.62. The fraction of sp³-hybridized carbons (Fsp3) is 0.333. The molecule has 0 saturated carbocycles. The fourth-order valence-electron chi connectivity index (χ4n) is 2.56. The third-order valence-corrected chi connectivity index (χ3v) is 4.95. The van der Waals surface area contributed by atoms with Crippen LogP contribution in [0.15, 0.2) is 36.4 Å². The van der Waals surface area contributed by atoms with E-state index >= 15 is 0 Å². The summed E-state index contributed by atoms with van der Waals surface area (Å²) in [5, 5.41) is 2.62. The van der Waals surface area contributed by atoms with Gasteiger partial charge in [-0.25, -0.2) is 13.4 Å². The number of sulfone groups is 1. The monoisotopic (exact) mass is 391 g/mol. The molecule has 3 rings (SSSR count). The van der Waals surface area contributed by atoms with E-state index in [4.69, 9.17) is 15.2 Å². The molecule has 1 unspecified atom stereocenters. The minimum atomic E-state index is -3.17. The summed E-state index contributed by atoms with van der Waals surface area (Å²) in [4.78, 5) is 16.6. The predicted octanol–water partition coefficient (Wildman–Crippen LogP) is 1.22. The summed E-state index contributed by atoms with van der Waals surface area (Å²) in [6, 6.07) is 9.79. The molecule has 0 fully saturated rings. The Morgan fingerprint density at radius 1 is 1.22 bits per heavy atom. The van der Waals surface area contributed by atoms with Gasteiger partial charge in [-0.3, -0.25) is 4.79 Å². The van der Waals surface area contributed by atoms with Crippen molar-refractivity contribution in [2.45, 2.75) is 12.5 Å². The number of pyridine rings is 1. The van der Waals surface area contributed by atoms with Gasteiger partial charge in [-0.2, -0.15) is 0 Å². The van der Waals surface area contributed by atoms with Crippen LogP contribution in [0.5, 0.6) is 11.5 Å². The summed E-state index contributed by atoms with van der Waals surface area (Å²) in [6.07, 6.45) is 1.16. The zero-order valence-corrected chi connectivity index (χ0v) is 15.7. The molecule has 0 saturated heterocycles. The van der Waals surface area contributed by atoms with Crippen LogP contribution >= 0.6 is 0 Å². The van der Waals surface area contributed by atoms with E-state index in [-0.39, 0.29) is 12.2 Å². The number of nitrogens with one attached hydrogen (secondary N) is 1. The highest BCUT2D eigenvalue weighted by atomic mass is 32.2. The molecule has 1 aromatic heterocycles. The Morgan fingerprint density at radius 2 is 1.96 bits per heavy atom. The molecule has 1 aliphatic rings. The standard InChI is InChI=1S/C18H21N3O5S/c1-27(23,24)10-7-13(19)18(22)21-17-4-2-3-14(20-17)12-5-6-15-16(11-12)26-9-8-25-15/h2-6,11,13H,7-10,19H2,1H3,(H,20,21,22). The van der Waals surface area contributed by atoms with Crippen LogP contribution in [0.25, 0.3) is 11.3 Å². The Bertz CT molecular complexity index is 946. The summed E-state index contributed by atoms with van der Waals surface area (Å²) in [5.41, 5.74) is 7.23.